The molecule has 0 N–H and O–H groups in total. The molecule has 1 rings (SSSR count). The molecule has 1 aromatic rings. The Morgan fingerprint density at radius 2 is 1.95 bits per heavy atom. The Morgan fingerprint density at radius 1 is 1.32 bits per heavy atom. The van der Waals surface area contributed by atoms with Crippen LogP contribution in [0, 0.1) is 0 Å². The molecule has 1 amide bonds. The van der Waals surface area contributed by atoms with Crippen LogP contribution in [0.15, 0.2) is 43.0 Å². The van der Waals surface area contributed by atoms with Crippen LogP contribution >= 0.6 is 0 Å². The van der Waals surface area contributed by atoms with Crippen LogP contribution in [0.4, 0.5) is 18.0 Å². The number of halogens is 3. The van der Waals surface area contributed by atoms with Crippen LogP contribution in [0.2, 0.25) is 0 Å². The van der Waals surface area contributed by atoms with E-state index in [0.29, 0.717) is 10.5 Å². The second-order valence-corrected chi connectivity index (χ2v) is 3.82. The smallest absolute Gasteiger partial charge is 0.410 e. The molecule has 0 aliphatic carbocycles. The third-order valence-corrected chi connectivity index (χ3v) is 2.18. The monoisotopic (exact) mass is 273 g/mol. The third-order valence-electron chi connectivity index (χ3n) is 2.18. The van der Waals surface area contributed by atoms with Gasteiger partial charge in [-0.25, -0.2) is 4.79 Å². The van der Waals surface area contributed by atoms with E-state index in [0.717, 1.165) is 0 Å². The Balaban J connectivity index is 2.55. The zero-order valence-electron chi connectivity index (χ0n) is 10.2. The van der Waals surface area contributed by atoms with E-state index in [1.54, 1.807) is 30.3 Å². The Bertz CT molecular complexity index is 418. The number of carbonyl (C=O) groups excluding carboxylic acids is 1. The second-order valence-electron chi connectivity index (χ2n) is 3.82. The molecule has 0 fully saturated rings. The molecule has 104 valence electrons. The second kappa shape index (κ2) is 6.82. The third kappa shape index (κ3) is 5.94. The molecule has 0 saturated carbocycles. The van der Waals surface area contributed by atoms with Crippen molar-refractivity contribution in [3.8, 4) is 0 Å². The highest BCUT2D eigenvalue weighted by Crippen LogP contribution is 2.17. The Morgan fingerprint density at radius 3 is 2.47 bits per heavy atom. The first-order chi connectivity index (χ1) is 8.92. The van der Waals surface area contributed by atoms with Gasteiger partial charge in [0.25, 0.3) is 0 Å². The zero-order chi connectivity index (χ0) is 14.3. The summed E-state index contributed by atoms with van der Waals surface area (Å²) in [7, 11) is 0. The topological polar surface area (TPSA) is 29.5 Å². The molecule has 0 unspecified atom stereocenters. The highest BCUT2D eigenvalue weighted by Gasteiger charge is 2.33. The van der Waals surface area contributed by atoms with Gasteiger partial charge in [0.15, 0.2) is 0 Å². The first kappa shape index (κ1) is 15.1. The van der Waals surface area contributed by atoms with Gasteiger partial charge in [0, 0.05) is 6.54 Å². The molecule has 6 heteroatoms. The number of alkyl halides is 3. The lowest BCUT2D eigenvalue weighted by molar-refractivity contribution is -0.141. The molecule has 0 atom stereocenters. The van der Waals surface area contributed by atoms with Crippen molar-refractivity contribution in [1.29, 1.82) is 0 Å². The molecule has 0 aromatic heterocycles. The maximum Gasteiger partial charge on any atom is 0.410 e. The number of hydrogen-bond donors (Lipinski definition) is 0. The molecule has 0 spiro atoms. The predicted octanol–water partition coefficient (Wildman–Crippen LogP) is 3.37. The number of benzene rings is 1. The standard InChI is InChI=1S/C13H14F3NO2/c1-2-8-17(10-13(14,15)16)12(18)19-9-11-6-4-3-5-7-11/h2-7H,1,8-10H2. The lowest BCUT2D eigenvalue weighted by Gasteiger charge is -2.21. The van der Waals surface area contributed by atoms with Crippen LogP contribution in [0.25, 0.3) is 0 Å². The van der Waals surface area contributed by atoms with Gasteiger partial charge in [0.05, 0.1) is 0 Å². The number of amides is 1. The Hall–Kier alpha value is -1.98. The summed E-state index contributed by atoms with van der Waals surface area (Å²) in [5.74, 6) is 0. The van der Waals surface area contributed by atoms with E-state index >= 15 is 0 Å². The predicted molar refractivity (Wildman–Crippen MR) is 64.5 cm³/mol. The van der Waals surface area contributed by atoms with E-state index in [-0.39, 0.29) is 13.2 Å². The van der Waals surface area contributed by atoms with E-state index in [4.69, 9.17) is 4.74 Å². The largest absolute Gasteiger partial charge is 0.445 e. The summed E-state index contributed by atoms with van der Waals surface area (Å²) < 4.78 is 41.6. The van der Waals surface area contributed by atoms with Crippen LogP contribution in [0.3, 0.4) is 0 Å². The van der Waals surface area contributed by atoms with E-state index in [1.807, 2.05) is 0 Å². The van der Waals surface area contributed by atoms with E-state index in [1.165, 1.54) is 6.08 Å². The number of nitrogens with zero attached hydrogens (tertiary/aromatic N) is 1. The summed E-state index contributed by atoms with van der Waals surface area (Å²) in [6.45, 7) is 1.68. The van der Waals surface area contributed by atoms with Crippen LogP contribution in [0.5, 0.6) is 0 Å². The van der Waals surface area contributed by atoms with Crippen molar-refractivity contribution < 1.29 is 22.7 Å². The van der Waals surface area contributed by atoms with Gasteiger partial charge in [-0.3, -0.25) is 4.90 Å². The zero-order valence-corrected chi connectivity index (χ0v) is 10.2. The van der Waals surface area contributed by atoms with E-state index in [2.05, 4.69) is 6.58 Å². The minimum Gasteiger partial charge on any atom is -0.445 e. The number of hydrogen-bond acceptors (Lipinski definition) is 2. The SMILES string of the molecule is C=CCN(CC(F)(F)F)C(=O)OCc1ccccc1. The first-order valence-electron chi connectivity index (χ1n) is 5.55. The minimum absolute atomic E-state index is 0.0643. The summed E-state index contributed by atoms with van der Waals surface area (Å²) in [6, 6.07) is 8.73. The molecule has 0 aliphatic rings. The maximum atomic E-state index is 12.3. The van der Waals surface area contributed by atoms with Crippen LogP contribution in [-0.4, -0.2) is 30.3 Å². The van der Waals surface area contributed by atoms with Gasteiger partial charge in [-0.05, 0) is 5.56 Å². The van der Waals surface area contributed by atoms with Gasteiger partial charge in [-0.15, -0.1) is 6.58 Å². The number of rotatable bonds is 5. The van der Waals surface area contributed by atoms with Crippen LogP contribution in [0.1, 0.15) is 5.56 Å². The van der Waals surface area contributed by atoms with Crippen molar-refractivity contribution in [2.45, 2.75) is 12.8 Å². The van der Waals surface area contributed by atoms with E-state index < -0.39 is 18.8 Å². The summed E-state index contributed by atoms with van der Waals surface area (Å²) in [4.78, 5) is 12.1. The van der Waals surface area contributed by atoms with E-state index in [9.17, 15) is 18.0 Å². The van der Waals surface area contributed by atoms with Crippen molar-refractivity contribution in [3.63, 3.8) is 0 Å². The highest BCUT2D eigenvalue weighted by molar-refractivity contribution is 5.67. The molecule has 0 heterocycles. The fraction of sp³-hybridized carbons (Fsp3) is 0.308. The van der Waals surface area contributed by atoms with Gasteiger partial charge in [0.2, 0.25) is 0 Å². The fourth-order valence-corrected chi connectivity index (χ4v) is 1.39. The normalized spacial score (nSPS) is 10.9. The van der Waals surface area contributed by atoms with Crippen molar-refractivity contribution in [2.24, 2.45) is 0 Å². The van der Waals surface area contributed by atoms with Gasteiger partial charge in [-0.1, -0.05) is 36.4 Å². The quantitative estimate of drug-likeness (QED) is 0.770. The summed E-state index contributed by atoms with van der Waals surface area (Å²) in [5.41, 5.74) is 0.710. The fourth-order valence-electron chi connectivity index (χ4n) is 1.39. The van der Waals surface area contributed by atoms with Crippen molar-refractivity contribution in [2.75, 3.05) is 13.1 Å². The minimum atomic E-state index is -4.46. The van der Waals surface area contributed by atoms with Gasteiger partial charge < -0.3 is 4.74 Å². The molecule has 3 nitrogen and oxygen atoms in total. The van der Waals surface area contributed by atoms with Gasteiger partial charge >= 0.3 is 12.3 Å². The average molecular weight is 273 g/mol. The Kier molecular flexibility index (Phi) is 5.41. The molecule has 0 aliphatic heterocycles. The van der Waals surface area contributed by atoms with Crippen LogP contribution < -0.4 is 0 Å². The number of carbonyl (C=O) groups is 1. The Labute approximate surface area is 109 Å². The maximum absolute atomic E-state index is 12.3. The number of ether oxygens (including phenoxy) is 1. The molecule has 0 bridgehead atoms. The van der Waals surface area contributed by atoms with Gasteiger partial charge in [-0.2, -0.15) is 13.2 Å². The lowest BCUT2D eigenvalue weighted by Crippen LogP contribution is -2.39. The first-order valence-corrected chi connectivity index (χ1v) is 5.55. The van der Waals surface area contributed by atoms with Crippen molar-refractivity contribution in [1.82, 2.24) is 4.90 Å². The van der Waals surface area contributed by atoms with Crippen molar-refractivity contribution in [3.05, 3.63) is 48.6 Å². The molecular weight excluding hydrogens is 259 g/mol. The van der Waals surface area contributed by atoms with Crippen LogP contribution in [-0.2, 0) is 11.3 Å². The molecule has 1 aromatic carbocycles. The average Bonchev–Trinajstić information content (AvgIpc) is 2.35. The summed E-state index contributed by atoms with van der Waals surface area (Å²) >= 11 is 0. The molecule has 19 heavy (non-hydrogen) atoms. The molecule has 0 saturated heterocycles. The lowest BCUT2D eigenvalue weighted by atomic mass is 10.2. The summed E-state index contributed by atoms with van der Waals surface area (Å²) in [5, 5.41) is 0. The van der Waals surface area contributed by atoms with Crippen molar-refractivity contribution >= 4 is 6.09 Å². The highest BCUT2D eigenvalue weighted by atomic mass is 19.4. The summed E-state index contributed by atoms with van der Waals surface area (Å²) in [6.07, 6.45) is -4.26. The molecular formula is C13H14F3NO2. The molecule has 0 radical (unpaired) electrons. The van der Waals surface area contributed by atoms with Gasteiger partial charge in [0.1, 0.15) is 13.2 Å².